The summed E-state index contributed by atoms with van der Waals surface area (Å²) in [5, 5.41) is 0. The van der Waals surface area contributed by atoms with E-state index in [0.29, 0.717) is 5.56 Å². The van der Waals surface area contributed by atoms with Gasteiger partial charge in [-0.15, -0.1) is 12.1 Å². The van der Waals surface area contributed by atoms with Crippen molar-refractivity contribution in [3.8, 4) is 0 Å². The van der Waals surface area contributed by atoms with Crippen molar-refractivity contribution < 1.29 is 41.4 Å². The van der Waals surface area contributed by atoms with Gasteiger partial charge in [-0.1, -0.05) is 0 Å². The van der Waals surface area contributed by atoms with Crippen LogP contribution in [-0.4, -0.2) is 13.1 Å². The Bertz CT molecular complexity index is 259. The Morgan fingerprint density at radius 2 is 1.77 bits per heavy atom. The molecule has 1 rings (SSSR count). The first-order valence-corrected chi connectivity index (χ1v) is 3.24. The third kappa shape index (κ3) is 4.30. The third-order valence-corrected chi connectivity index (χ3v) is 1.38. The zero-order chi connectivity index (χ0) is 8.27. The summed E-state index contributed by atoms with van der Waals surface area (Å²) in [6, 6.07) is 6.92. The molecular weight excluding hydrogens is 241 g/mol. The van der Waals surface area contributed by atoms with E-state index in [4.69, 9.17) is 0 Å². The molecule has 0 heterocycles. The molecule has 0 bridgehead atoms. The fraction of sp³-hybridized carbons (Fsp3) is 0.111. The molecule has 13 heavy (non-hydrogen) atoms. The van der Waals surface area contributed by atoms with E-state index in [0.717, 1.165) is 5.56 Å². The molecule has 0 N–H and O–H groups in total. The first-order valence-electron chi connectivity index (χ1n) is 3.24. The van der Waals surface area contributed by atoms with Crippen molar-refractivity contribution in [1.29, 1.82) is 0 Å². The van der Waals surface area contributed by atoms with E-state index in [9.17, 15) is 4.79 Å². The molecule has 2 nitrogen and oxygen atoms in total. The second-order valence-electron chi connectivity index (χ2n) is 2.19. The average Bonchev–Trinajstić information content (AvgIpc) is 2.05. The molecule has 4 heteroatoms. The molecule has 1 aromatic rings. The van der Waals surface area contributed by atoms with Gasteiger partial charge in [-0.05, 0) is 0 Å². The number of hydrogen-bond acceptors (Lipinski definition) is 2. The number of methoxy groups -OCH3 is 1. The molecule has 1 aromatic carbocycles. The predicted octanol–water partition coefficient (Wildman–Crippen LogP) is -1.34. The molecule has 0 atom stereocenters. The number of rotatable bonds is 1. The van der Waals surface area contributed by atoms with E-state index < -0.39 is 0 Å². The molecule has 0 saturated carbocycles. The topological polar surface area (TPSA) is 26.3 Å². The Hall–Kier alpha value is -0.527. The molecule has 0 saturated heterocycles. The monoisotopic (exact) mass is 248 g/mol. The van der Waals surface area contributed by atoms with Crippen LogP contribution in [0.2, 0.25) is 0 Å². The summed E-state index contributed by atoms with van der Waals surface area (Å²) in [6.07, 6.45) is 0. The molecular formula is C9H9ClO2Zn. The molecule has 0 aliphatic heterocycles. The van der Waals surface area contributed by atoms with E-state index in [1.54, 1.807) is 24.3 Å². The molecule has 0 spiro atoms. The van der Waals surface area contributed by atoms with Crippen LogP contribution in [0.1, 0.15) is 15.9 Å². The predicted molar refractivity (Wildman–Crippen MR) is 42.2 cm³/mol. The van der Waals surface area contributed by atoms with Gasteiger partial charge in [-0.2, -0.15) is 24.6 Å². The van der Waals surface area contributed by atoms with Gasteiger partial charge in [0.15, 0.2) is 0 Å². The molecule has 66 valence electrons. The van der Waals surface area contributed by atoms with Crippen molar-refractivity contribution in [2.45, 2.75) is 0 Å². The molecule has 0 aromatic heterocycles. The van der Waals surface area contributed by atoms with Crippen molar-refractivity contribution in [2.24, 2.45) is 0 Å². The summed E-state index contributed by atoms with van der Waals surface area (Å²) < 4.78 is 4.52. The van der Waals surface area contributed by atoms with Crippen LogP contribution >= 0.6 is 0 Å². The molecule has 0 radical (unpaired) electrons. The van der Waals surface area contributed by atoms with Gasteiger partial charge in [0.2, 0.25) is 0 Å². The summed E-state index contributed by atoms with van der Waals surface area (Å²) in [5.74, 6) is -0.315. The molecule has 0 aliphatic carbocycles. The fourth-order valence-corrected chi connectivity index (χ4v) is 0.759. The number of benzene rings is 1. The van der Waals surface area contributed by atoms with Gasteiger partial charge in [0.1, 0.15) is 0 Å². The minimum atomic E-state index is -0.315. The minimum absolute atomic E-state index is 0. The minimum Gasteiger partial charge on any atom is -1.00 e. The first-order chi connectivity index (χ1) is 5.24. The average molecular weight is 250 g/mol. The quantitative estimate of drug-likeness (QED) is 0.350. The van der Waals surface area contributed by atoms with Crippen LogP contribution in [0.25, 0.3) is 0 Å². The summed E-state index contributed by atoms with van der Waals surface area (Å²) in [5.41, 5.74) is 1.44. The number of halogens is 1. The van der Waals surface area contributed by atoms with Gasteiger partial charge in [-0.25, -0.2) is 4.79 Å². The van der Waals surface area contributed by atoms with Crippen LogP contribution in [0.3, 0.4) is 0 Å². The van der Waals surface area contributed by atoms with E-state index in [-0.39, 0.29) is 37.9 Å². The SMILES string of the molecule is [CH2-]c1ccc(C(=O)OC)cc1.[Cl-].[Zn+2]. The summed E-state index contributed by atoms with van der Waals surface area (Å²) in [6.45, 7) is 3.69. The number of hydrogen-bond donors (Lipinski definition) is 0. The van der Waals surface area contributed by atoms with Crippen LogP contribution in [0.5, 0.6) is 0 Å². The molecule has 0 aliphatic rings. The van der Waals surface area contributed by atoms with Gasteiger partial charge in [-0.3, -0.25) is 0 Å². The Morgan fingerprint density at radius 1 is 1.31 bits per heavy atom. The second kappa shape index (κ2) is 6.93. The second-order valence-corrected chi connectivity index (χ2v) is 2.19. The fourth-order valence-electron chi connectivity index (χ4n) is 0.759. The molecule has 0 amide bonds. The van der Waals surface area contributed by atoms with E-state index >= 15 is 0 Å². The number of carbonyl (C=O) groups is 1. The van der Waals surface area contributed by atoms with Crippen molar-refractivity contribution in [3.05, 3.63) is 42.3 Å². The Labute approximate surface area is 96.8 Å². The van der Waals surface area contributed by atoms with Gasteiger partial charge >= 0.3 is 25.4 Å². The van der Waals surface area contributed by atoms with Crippen molar-refractivity contribution in [2.75, 3.05) is 7.11 Å². The van der Waals surface area contributed by atoms with Crippen LogP contribution in [-0.2, 0) is 24.2 Å². The maximum Gasteiger partial charge on any atom is 2.00 e. The van der Waals surface area contributed by atoms with Crippen LogP contribution in [0, 0.1) is 6.92 Å². The summed E-state index contributed by atoms with van der Waals surface area (Å²) in [7, 11) is 1.36. The first kappa shape index (κ1) is 15.0. The van der Waals surface area contributed by atoms with Crippen LogP contribution < -0.4 is 12.4 Å². The summed E-state index contributed by atoms with van der Waals surface area (Å²) >= 11 is 0. The molecule has 0 fully saturated rings. The van der Waals surface area contributed by atoms with Gasteiger partial charge in [0.25, 0.3) is 0 Å². The maximum atomic E-state index is 10.9. The molecule has 0 unspecified atom stereocenters. The Morgan fingerprint density at radius 3 is 2.15 bits per heavy atom. The maximum absolute atomic E-state index is 10.9. The van der Waals surface area contributed by atoms with Gasteiger partial charge < -0.3 is 17.1 Å². The Balaban J connectivity index is 0. The van der Waals surface area contributed by atoms with Crippen molar-refractivity contribution in [3.63, 3.8) is 0 Å². The van der Waals surface area contributed by atoms with Gasteiger partial charge in [0, 0.05) is 5.56 Å². The number of carbonyl (C=O) groups excluding carboxylic acids is 1. The van der Waals surface area contributed by atoms with Crippen molar-refractivity contribution >= 4 is 5.97 Å². The van der Waals surface area contributed by atoms with E-state index in [1.165, 1.54) is 7.11 Å². The normalized spacial score (nSPS) is 7.77. The third-order valence-electron chi connectivity index (χ3n) is 1.38. The van der Waals surface area contributed by atoms with Gasteiger partial charge in [0.05, 0.1) is 7.11 Å². The smallest absolute Gasteiger partial charge is 1.00 e. The van der Waals surface area contributed by atoms with E-state index in [2.05, 4.69) is 11.7 Å². The van der Waals surface area contributed by atoms with Crippen LogP contribution in [0.4, 0.5) is 0 Å². The van der Waals surface area contributed by atoms with Crippen LogP contribution in [0.15, 0.2) is 24.3 Å². The number of ether oxygens (including phenoxy) is 1. The summed E-state index contributed by atoms with van der Waals surface area (Å²) in [4.78, 5) is 10.9. The largest absolute Gasteiger partial charge is 2.00 e. The zero-order valence-electron chi connectivity index (χ0n) is 7.42. The van der Waals surface area contributed by atoms with E-state index in [1.807, 2.05) is 0 Å². The van der Waals surface area contributed by atoms with Crippen molar-refractivity contribution in [1.82, 2.24) is 0 Å². The standard InChI is InChI=1S/C9H9O2.ClH.Zn/c1-7-3-5-8(6-4-7)9(10)11-2;;/h3-6H,1H2,2H3;1H;/q-1;;+2/p-1. The Kier molecular flexibility index (Phi) is 7.98. The zero-order valence-corrected chi connectivity index (χ0v) is 11.1. The number of esters is 1.